The van der Waals surface area contributed by atoms with Crippen LogP contribution in [-0.4, -0.2) is 30.4 Å². The maximum absolute atomic E-state index is 13.3. The average molecular weight is 547 g/mol. The predicted molar refractivity (Wildman–Crippen MR) is 139 cm³/mol. The molecule has 1 fully saturated rings. The van der Waals surface area contributed by atoms with Crippen LogP contribution in [0.25, 0.3) is 10.9 Å². The van der Waals surface area contributed by atoms with Gasteiger partial charge in [0.1, 0.15) is 0 Å². The van der Waals surface area contributed by atoms with E-state index in [4.69, 9.17) is 11.6 Å². The molecule has 0 radical (unpaired) electrons. The Morgan fingerprint density at radius 2 is 1.62 bits per heavy atom. The molecule has 0 unspecified atom stereocenters. The summed E-state index contributed by atoms with van der Waals surface area (Å²) in [7, 11) is -3.65. The molecular weight excluding hydrogens is 521 g/mol. The Morgan fingerprint density at radius 1 is 0.946 bits per heavy atom. The first kappa shape index (κ1) is 25.8. The summed E-state index contributed by atoms with van der Waals surface area (Å²) in [6, 6.07) is 18.1. The number of alkyl halides is 3. The molecule has 0 atom stereocenters. The molecule has 0 bridgehead atoms. The number of hydrogen-bond donors (Lipinski definition) is 0. The van der Waals surface area contributed by atoms with Crippen molar-refractivity contribution >= 4 is 32.5 Å². The van der Waals surface area contributed by atoms with E-state index in [1.165, 1.54) is 16.4 Å². The van der Waals surface area contributed by atoms with E-state index in [-0.39, 0.29) is 10.8 Å². The van der Waals surface area contributed by atoms with Crippen LogP contribution in [0.5, 0.6) is 0 Å². The quantitative estimate of drug-likeness (QED) is 0.265. The number of fused-ring (bicyclic) bond motifs is 1. The fourth-order valence-electron chi connectivity index (χ4n) is 5.14. The number of benzene rings is 3. The lowest BCUT2D eigenvalue weighted by molar-refractivity contribution is -0.137. The lowest BCUT2D eigenvalue weighted by Gasteiger charge is -2.31. The standard InChI is InChI=1S/C28H26ClF3N2O2S/c1-19-25(29)6-4-8-27(19)37(35,36)34-15-13-21(14-16-34)24-18-33(26-7-3-2-5-23(24)26)17-20-9-11-22(12-10-20)28(30,31)32/h2-12,18,21H,13-17H2,1H3. The monoisotopic (exact) mass is 546 g/mol. The Morgan fingerprint density at radius 3 is 2.30 bits per heavy atom. The number of sulfonamides is 1. The number of hydrogen-bond acceptors (Lipinski definition) is 2. The van der Waals surface area contributed by atoms with Crippen LogP contribution in [0.15, 0.2) is 77.8 Å². The van der Waals surface area contributed by atoms with Crippen molar-refractivity contribution in [2.45, 2.75) is 43.3 Å². The molecule has 0 N–H and O–H groups in total. The molecule has 0 aliphatic carbocycles. The lowest BCUT2D eigenvalue weighted by Crippen LogP contribution is -2.38. The molecule has 4 nitrogen and oxygen atoms in total. The Balaban J connectivity index is 1.37. The summed E-state index contributed by atoms with van der Waals surface area (Å²) < 4.78 is 69.0. The zero-order chi connectivity index (χ0) is 26.4. The largest absolute Gasteiger partial charge is 0.416 e. The van der Waals surface area contributed by atoms with E-state index in [0.29, 0.717) is 43.1 Å². The maximum Gasteiger partial charge on any atom is 0.416 e. The summed E-state index contributed by atoms with van der Waals surface area (Å²) >= 11 is 6.17. The van der Waals surface area contributed by atoms with Gasteiger partial charge >= 0.3 is 6.18 Å². The fourth-order valence-corrected chi connectivity index (χ4v) is 7.09. The summed E-state index contributed by atoms with van der Waals surface area (Å²) in [4.78, 5) is 0.242. The van der Waals surface area contributed by atoms with Crippen LogP contribution in [0.4, 0.5) is 13.2 Å². The molecule has 37 heavy (non-hydrogen) atoms. The predicted octanol–water partition coefficient (Wildman–Crippen LogP) is 7.24. The first-order chi connectivity index (χ1) is 17.6. The van der Waals surface area contributed by atoms with Gasteiger partial charge in [-0.05, 0) is 72.7 Å². The van der Waals surface area contributed by atoms with Crippen LogP contribution >= 0.6 is 11.6 Å². The van der Waals surface area contributed by atoms with E-state index in [1.54, 1.807) is 25.1 Å². The van der Waals surface area contributed by atoms with Gasteiger partial charge in [0.2, 0.25) is 10.0 Å². The molecule has 194 valence electrons. The average Bonchev–Trinajstić information content (AvgIpc) is 3.24. The second kappa shape index (κ2) is 9.82. The van der Waals surface area contributed by atoms with Gasteiger partial charge in [-0.1, -0.05) is 48.0 Å². The Bertz CT molecular complexity index is 1540. The van der Waals surface area contributed by atoms with Gasteiger partial charge in [-0.2, -0.15) is 17.5 Å². The van der Waals surface area contributed by atoms with E-state index in [2.05, 4.69) is 10.8 Å². The van der Waals surface area contributed by atoms with Gasteiger partial charge in [-0.15, -0.1) is 0 Å². The second-order valence-corrected chi connectivity index (χ2v) is 11.8. The highest BCUT2D eigenvalue weighted by atomic mass is 35.5. The number of nitrogens with zero attached hydrogens (tertiary/aromatic N) is 2. The Kier molecular flexibility index (Phi) is 6.85. The van der Waals surface area contributed by atoms with E-state index in [0.717, 1.165) is 34.2 Å². The minimum absolute atomic E-state index is 0.172. The van der Waals surface area contributed by atoms with Crippen molar-refractivity contribution in [2.24, 2.45) is 0 Å². The molecule has 1 aromatic heterocycles. The molecule has 1 aliphatic rings. The molecule has 0 spiro atoms. The highest BCUT2D eigenvalue weighted by Crippen LogP contribution is 2.37. The van der Waals surface area contributed by atoms with Crippen molar-refractivity contribution in [1.29, 1.82) is 0 Å². The third kappa shape index (κ3) is 5.02. The first-order valence-corrected chi connectivity index (χ1v) is 13.9. The van der Waals surface area contributed by atoms with Gasteiger partial charge in [-0.3, -0.25) is 0 Å². The number of halogens is 4. The molecule has 5 rings (SSSR count). The smallest absolute Gasteiger partial charge is 0.343 e. The minimum Gasteiger partial charge on any atom is -0.343 e. The van der Waals surface area contributed by atoms with Crippen LogP contribution < -0.4 is 0 Å². The van der Waals surface area contributed by atoms with E-state index in [1.807, 2.05) is 24.3 Å². The topological polar surface area (TPSA) is 42.3 Å². The van der Waals surface area contributed by atoms with Gasteiger partial charge in [0, 0.05) is 41.8 Å². The van der Waals surface area contributed by atoms with Crippen LogP contribution in [0.2, 0.25) is 5.02 Å². The SMILES string of the molecule is Cc1c(Cl)cccc1S(=O)(=O)N1CCC(c2cn(Cc3ccc(C(F)(F)F)cc3)c3ccccc23)CC1. The molecular formula is C28H26ClF3N2O2S. The zero-order valence-corrected chi connectivity index (χ0v) is 21.7. The van der Waals surface area contributed by atoms with E-state index < -0.39 is 21.8 Å². The van der Waals surface area contributed by atoms with Crippen molar-refractivity contribution in [3.05, 3.63) is 100 Å². The summed E-state index contributed by atoms with van der Waals surface area (Å²) in [5.41, 5.74) is 2.81. The van der Waals surface area contributed by atoms with Crippen molar-refractivity contribution < 1.29 is 21.6 Å². The minimum atomic E-state index is -4.36. The van der Waals surface area contributed by atoms with Crippen molar-refractivity contribution in [2.75, 3.05) is 13.1 Å². The van der Waals surface area contributed by atoms with Gasteiger partial charge in [0.25, 0.3) is 0 Å². The zero-order valence-electron chi connectivity index (χ0n) is 20.2. The van der Waals surface area contributed by atoms with E-state index in [9.17, 15) is 21.6 Å². The second-order valence-electron chi connectivity index (χ2n) is 9.47. The van der Waals surface area contributed by atoms with E-state index >= 15 is 0 Å². The number of para-hydroxylation sites is 1. The fraction of sp³-hybridized carbons (Fsp3) is 0.286. The summed E-state index contributed by atoms with van der Waals surface area (Å²) in [6.07, 6.45) is -0.946. The molecule has 2 heterocycles. The van der Waals surface area contributed by atoms with Gasteiger partial charge < -0.3 is 4.57 Å². The number of rotatable bonds is 5. The first-order valence-electron chi connectivity index (χ1n) is 12.0. The summed E-state index contributed by atoms with van der Waals surface area (Å²) in [5.74, 6) is 0.172. The third-order valence-corrected chi connectivity index (χ3v) is 9.64. The molecule has 0 amide bonds. The number of aromatic nitrogens is 1. The highest BCUT2D eigenvalue weighted by Gasteiger charge is 2.32. The molecule has 1 aliphatic heterocycles. The van der Waals surface area contributed by atoms with Crippen LogP contribution in [-0.2, 0) is 22.7 Å². The third-order valence-electron chi connectivity index (χ3n) is 7.18. The molecule has 0 saturated carbocycles. The van der Waals surface area contributed by atoms with Crippen LogP contribution in [0.3, 0.4) is 0 Å². The Hall–Kier alpha value is -2.81. The lowest BCUT2D eigenvalue weighted by atomic mass is 9.90. The summed E-state index contributed by atoms with van der Waals surface area (Å²) in [6.45, 7) is 2.96. The van der Waals surface area contributed by atoms with Crippen molar-refractivity contribution in [3.63, 3.8) is 0 Å². The molecule has 1 saturated heterocycles. The Labute approximate surface area is 219 Å². The van der Waals surface area contributed by atoms with Gasteiger partial charge in [-0.25, -0.2) is 8.42 Å². The van der Waals surface area contributed by atoms with Crippen LogP contribution in [0.1, 0.15) is 41.0 Å². The summed E-state index contributed by atoms with van der Waals surface area (Å²) in [5, 5.41) is 1.51. The van der Waals surface area contributed by atoms with Crippen molar-refractivity contribution in [3.8, 4) is 0 Å². The number of piperidine rings is 1. The molecule has 4 aromatic rings. The molecule has 3 aromatic carbocycles. The normalized spacial score (nSPS) is 15.9. The maximum atomic E-state index is 13.3. The highest BCUT2D eigenvalue weighted by molar-refractivity contribution is 7.89. The van der Waals surface area contributed by atoms with Gasteiger partial charge in [0.05, 0.1) is 10.5 Å². The molecule has 9 heteroatoms. The van der Waals surface area contributed by atoms with Crippen LogP contribution in [0, 0.1) is 6.92 Å². The van der Waals surface area contributed by atoms with Crippen molar-refractivity contribution in [1.82, 2.24) is 8.87 Å². The van der Waals surface area contributed by atoms with Gasteiger partial charge in [0.15, 0.2) is 0 Å².